The Morgan fingerprint density at radius 2 is 1.85 bits per heavy atom. The first-order valence-corrected chi connectivity index (χ1v) is 7.68. The third-order valence-electron chi connectivity index (χ3n) is 4.71. The Kier molecular flexibility index (Phi) is 5.06. The third-order valence-corrected chi connectivity index (χ3v) is 4.71. The van der Waals surface area contributed by atoms with Crippen LogP contribution >= 0.6 is 0 Å². The molecule has 1 atom stereocenters. The van der Waals surface area contributed by atoms with Crippen molar-refractivity contribution < 1.29 is 4.74 Å². The molecule has 20 heavy (non-hydrogen) atoms. The quantitative estimate of drug-likeness (QED) is 0.898. The zero-order chi connectivity index (χ0) is 14.6. The van der Waals surface area contributed by atoms with E-state index in [-0.39, 0.29) is 11.6 Å². The van der Waals surface area contributed by atoms with Crippen molar-refractivity contribution >= 4 is 0 Å². The van der Waals surface area contributed by atoms with E-state index in [1.807, 2.05) is 12.1 Å². The van der Waals surface area contributed by atoms with Crippen LogP contribution in [0.25, 0.3) is 0 Å². The van der Waals surface area contributed by atoms with E-state index in [1.54, 1.807) is 7.11 Å². The molecule has 1 aliphatic heterocycles. The van der Waals surface area contributed by atoms with Gasteiger partial charge in [0.15, 0.2) is 0 Å². The molecule has 1 saturated heterocycles. The summed E-state index contributed by atoms with van der Waals surface area (Å²) < 4.78 is 5.44. The zero-order valence-electron chi connectivity index (χ0n) is 13.1. The van der Waals surface area contributed by atoms with Crippen molar-refractivity contribution in [1.29, 1.82) is 0 Å². The molecule has 1 heterocycles. The van der Waals surface area contributed by atoms with Crippen molar-refractivity contribution in [3.8, 4) is 5.75 Å². The second kappa shape index (κ2) is 6.59. The number of rotatable bonds is 5. The molecule has 2 N–H and O–H groups in total. The van der Waals surface area contributed by atoms with Crippen LogP contribution in [-0.2, 0) is 6.42 Å². The van der Waals surface area contributed by atoms with Crippen molar-refractivity contribution in [2.45, 2.75) is 51.1 Å². The van der Waals surface area contributed by atoms with Gasteiger partial charge in [-0.2, -0.15) is 0 Å². The maximum absolute atomic E-state index is 6.54. The van der Waals surface area contributed by atoms with Crippen molar-refractivity contribution in [2.24, 2.45) is 5.73 Å². The fourth-order valence-electron chi connectivity index (χ4n) is 3.06. The van der Waals surface area contributed by atoms with Gasteiger partial charge in [-0.1, -0.05) is 24.6 Å². The van der Waals surface area contributed by atoms with Crippen LogP contribution in [-0.4, -0.2) is 36.7 Å². The summed E-state index contributed by atoms with van der Waals surface area (Å²) in [6.07, 6.45) is 4.80. The lowest BCUT2D eigenvalue weighted by atomic mass is 9.86. The van der Waals surface area contributed by atoms with E-state index < -0.39 is 0 Å². The average Bonchev–Trinajstić information content (AvgIpc) is 2.48. The highest BCUT2D eigenvalue weighted by Crippen LogP contribution is 2.27. The minimum absolute atomic E-state index is 0.0290. The van der Waals surface area contributed by atoms with Crippen molar-refractivity contribution in [3.05, 3.63) is 29.8 Å². The number of methoxy groups -OCH3 is 1. The summed E-state index contributed by atoms with van der Waals surface area (Å²) in [5, 5.41) is 0. The molecule has 3 nitrogen and oxygen atoms in total. The van der Waals surface area contributed by atoms with Gasteiger partial charge in [0.2, 0.25) is 0 Å². The van der Waals surface area contributed by atoms with E-state index in [2.05, 4.69) is 30.9 Å². The second-order valence-corrected chi connectivity index (χ2v) is 6.32. The normalized spacial score (nSPS) is 18.8. The van der Waals surface area contributed by atoms with Gasteiger partial charge < -0.3 is 10.5 Å². The van der Waals surface area contributed by atoms with Gasteiger partial charge in [-0.15, -0.1) is 0 Å². The zero-order valence-corrected chi connectivity index (χ0v) is 13.1. The lowest BCUT2D eigenvalue weighted by Gasteiger charge is -2.44. The number of nitrogens with two attached hydrogens (primary N) is 1. The maximum Gasteiger partial charge on any atom is 0.122 e. The highest BCUT2D eigenvalue weighted by Gasteiger charge is 2.34. The summed E-state index contributed by atoms with van der Waals surface area (Å²) in [6, 6.07) is 8.29. The first-order chi connectivity index (χ1) is 9.55. The summed E-state index contributed by atoms with van der Waals surface area (Å²) in [7, 11) is 1.72. The van der Waals surface area contributed by atoms with Crippen molar-refractivity contribution in [3.63, 3.8) is 0 Å². The number of nitrogens with zero attached hydrogens (tertiary/aromatic N) is 1. The van der Waals surface area contributed by atoms with Gasteiger partial charge in [-0.3, -0.25) is 4.90 Å². The van der Waals surface area contributed by atoms with E-state index in [1.165, 1.54) is 37.9 Å². The smallest absolute Gasteiger partial charge is 0.122 e. The lowest BCUT2D eigenvalue weighted by molar-refractivity contribution is 0.0730. The van der Waals surface area contributed by atoms with Crippen molar-refractivity contribution in [1.82, 2.24) is 4.90 Å². The van der Waals surface area contributed by atoms with Gasteiger partial charge in [0, 0.05) is 11.6 Å². The molecule has 112 valence electrons. The molecular formula is C17H28N2O. The molecule has 1 aromatic carbocycles. The second-order valence-electron chi connectivity index (χ2n) is 6.32. The number of ether oxygens (including phenoxy) is 1. The van der Waals surface area contributed by atoms with Crippen molar-refractivity contribution in [2.75, 3.05) is 20.2 Å². The summed E-state index contributed by atoms with van der Waals surface area (Å²) in [5.74, 6) is 0.942. The topological polar surface area (TPSA) is 38.5 Å². The van der Waals surface area contributed by atoms with E-state index in [0.29, 0.717) is 0 Å². The van der Waals surface area contributed by atoms with E-state index in [4.69, 9.17) is 10.5 Å². The standard InChI is InChI=1S/C17H28N2O/c1-17(2,19-11-7-4-8-12-19)16(18)13-14-9-5-6-10-15(14)20-3/h5-6,9-10,16H,4,7-8,11-13,18H2,1-3H3. The Bertz CT molecular complexity index is 425. The van der Waals surface area contributed by atoms with Gasteiger partial charge >= 0.3 is 0 Å². The van der Waals surface area contributed by atoms with Crippen LogP contribution < -0.4 is 10.5 Å². The summed E-state index contributed by atoms with van der Waals surface area (Å²) >= 11 is 0. The Hall–Kier alpha value is -1.06. The van der Waals surface area contributed by atoms with Crippen LogP contribution in [0.15, 0.2) is 24.3 Å². The monoisotopic (exact) mass is 276 g/mol. The van der Waals surface area contributed by atoms with Gasteiger partial charge in [0.1, 0.15) is 5.75 Å². The molecule has 1 aliphatic rings. The van der Waals surface area contributed by atoms with Gasteiger partial charge in [0.25, 0.3) is 0 Å². The number of piperidine rings is 1. The molecule has 2 rings (SSSR count). The minimum Gasteiger partial charge on any atom is -0.496 e. The average molecular weight is 276 g/mol. The van der Waals surface area contributed by atoms with Crippen LogP contribution in [0.3, 0.4) is 0 Å². The highest BCUT2D eigenvalue weighted by molar-refractivity contribution is 5.34. The highest BCUT2D eigenvalue weighted by atomic mass is 16.5. The number of hydrogen-bond donors (Lipinski definition) is 1. The number of benzene rings is 1. The molecule has 0 bridgehead atoms. The minimum atomic E-state index is 0.0290. The fourth-order valence-corrected chi connectivity index (χ4v) is 3.06. The molecule has 0 aliphatic carbocycles. The fraction of sp³-hybridized carbons (Fsp3) is 0.647. The van der Waals surface area contributed by atoms with Crippen LogP contribution in [0.2, 0.25) is 0 Å². The SMILES string of the molecule is COc1ccccc1CC(N)C(C)(C)N1CCCCC1. The number of para-hydroxylation sites is 1. The molecular weight excluding hydrogens is 248 g/mol. The molecule has 0 amide bonds. The third kappa shape index (κ3) is 3.33. The molecule has 0 aromatic heterocycles. The first kappa shape index (κ1) is 15.3. The molecule has 3 heteroatoms. The first-order valence-electron chi connectivity index (χ1n) is 7.68. The Morgan fingerprint density at radius 3 is 2.50 bits per heavy atom. The Morgan fingerprint density at radius 1 is 1.20 bits per heavy atom. The van der Waals surface area contributed by atoms with Crippen LogP contribution in [0, 0.1) is 0 Å². The van der Waals surface area contributed by atoms with Crippen LogP contribution in [0.1, 0.15) is 38.7 Å². The summed E-state index contributed by atoms with van der Waals surface area (Å²) in [4.78, 5) is 2.55. The summed E-state index contributed by atoms with van der Waals surface area (Å²) in [5.41, 5.74) is 7.77. The predicted octanol–water partition coefficient (Wildman–Crippen LogP) is 2.83. The molecule has 1 unspecified atom stereocenters. The Labute approximate surface area is 123 Å². The summed E-state index contributed by atoms with van der Waals surface area (Å²) in [6.45, 7) is 6.90. The van der Waals surface area contributed by atoms with E-state index in [9.17, 15) is 0 Å². The molecule has 1 fully saturated rings. The van der Waals surface area contributed by atoms with Gasteiger partial charge in [0.05, 0.1) is 7.11 Å². The maximum atomic E-state index is 6.54. The number of likely N-dealkylation sites (tertiary alicyclic amines) is 1. The lowest BCUT2D eigenvalue weighted by Crippen LogP contribution is -2.58. The largest absolute Gasteiger partial charge is 0.496 e. The van der Waals surface area contributed by atoms with Gasteiger partial charge in [-0.25, -0.2) is 0 Å². The van der Waals surface area contributed by atoms with E-state index in [0.717, 1.165) is 12.2 Å². The Balaban J connectivity index is 2.07. The molecule has 1 aromatic rings. The van der Waals surface area contributed by atoms with Crippen LogP contribution in [0.5, 0.6) is 5.75 Å². The molecule has 0 spiro atoms. The van der Waals surface area contributed by atoms with Gasteiger partial charge in [-0.05, 0) is 57.8 Å². The number of hydrogen-bond acceptors (Lipinski definition) is 3. The predicted molar refractivity (Wildman–Crippen MR) is 84.2 cm³/mol. The van der Waals surface area contributed by atoms with Crippen LogP contribution in [0.4, 0.5) is 0 Å². The van der Waals surface area contributed by atoms with E-state index >= 15 is 0 Å². The molecule has 0 radical (unpaired) electrons. The molecule has 0 saturated carbocycles.